The SMILES string of the molecule is CCc1ccc(NC(=O)N2CCC(c3nc(-c4cccc(C)c4)no3)CC2)cc1. The lowest BCUT2D eigenvalue weighted by atomic mass is 9.97. The third-order valence-corrected chi connectivity index (χ3v) is 5.46. The molecule has 3 aromatic rings. The van der Waals surface area contributed by atoms with E-state index in [4.69, 9.17) is 4.52 Å². The van der Waals surface area contributed by atoms with Crippen molar-refractivity contribution < 1.29 is 9.32 Å². The maximum absolute atomic E-state index is 12.5. The number of hydrogen-bond acceptors (Lipinski definition) is 4. The molecule has 0 bridgehead atoms. The number of nitrogens with zero attached hydrogens (tertiary/aromatic N) is 3. The Morgan fingerprint density at radius 3 is 2.62 bits per heavy atom. The predicted molar refractivity (Wildman–Crippen MR) is 113 cm³/mol. The molecule has 2 aromatic carbocycles. The average Bonchev–Trinajstić information content (AvgIpc) is 3.25. The van der Waals surface area contributed by atoms with E-state index < -0.39 is 0 Å². The fourth-order valence-corrected chi connectivity index (χ4v) is 3.66. The first-order valence-electron chi connectivity index (χ1n) is 10.2. The number of likely N-dealkylation sites (tertiary alicyclic amines) is 1. The minimum atomic E-state index is -0.0568. The number of carbonyl (C=O) groups is 1. The molecule has 0 radical (unpaired) electrons. The second kappa shape index (κ2) is 8.47. The molecule has 1 aliphatic heterocycles. The molecule has 2 amide bonds. The number of urea groups is 1. The molecule has 0 spiro atoms. The van der Waals surface area contributed by atoms with Crippen LogP contribution in [-0.2, 0) is 6.42 Å². The second-order valence-corrected chi connectivity index (χ2v) is 7.57. The van der Waals surface area contributed by atoms with Gasteiger partial charge in [0.2, 0.25) is 11.7 Å². The van der Waals surface area contributed by atoms with Gasteiger partial charge >= 0.3 is 6.03 Å². The van der Waals surface area contributed by atoms with Crippen LogP contribution in [0, 0.1) is 6.92 Å². The Morgan fingerprint density at radius 1 is 1.17 bits per heavy atom. The Labute approximate surface area is 170 Å². The summed E-state index contributed by atoms with van der Waals surface area (Å²) in [5.74, 6) is 1.48. The zero-order valence-corrected chi connectivity index (χ0v) is 16.9. The first-order valence-corrected chi connectivity index (χ1v) is 10.2. The molecule has 1 N–H and O–H groups in total. The third-order valence-electron chi connectivity index (χ3n) is 5.46. The summed E-state index contributed by atoms with van der Waals surface area (Å²) >= 11 is 0. The zero-order valence-electron chi connectivity index (χ0n) is 16.9. The smallest absolute Gasteiger partial charge is 0.321 e. The van der Waals surface area contributed by atoms with Gasteiger partial charge in [0.15, 0.2) is 0 Å². The van der Waals surface area contributed by atoms with E-state index in [2.05, 4.69) is 28.4 Å². The summed E-state index contributed by atoms with van der Waals surface area (Å²) in [5.41, 5.74) is 4.21. The Kier molecular flexibility index (Phi) is 5.60. The van der Waals surface area contributed by atoms with E-state index in [0.717, 1.165) is 36.1 Å². The van der Waals surface area contributed by atoms with Crippen LogP contribution in [0.1, 0.15) is 42.7 Å². The van der Waals surface area contributed by atoms with Crippen molar-refractivity contribution in [2.45, 2.75) is 39.0 Å². The highest BCUT2D eigenvalue weighted by molar-refractivity contribution is 5.89. The van der Waals surface area contributed by atoms with Crippen molar-refractivity contribution in [1.82, 2.24) is 15.0 Å². The monoisotopic (exact) mass is 390 g/mol. The summed E-state index contributed by atoms with van der Waals surface area (Å²) in [6.45, 7) is 5.51. The summed E-state index contributed by atoms with van der Waals surface area (Å²) < 4.78 is 5.53. The molecule has 0 saturated carbocycles. The van der Waals surface area contributed by atoms with Crippen molar-refractivity contribution >= 4 is 11.7 Å². The number of piperidine rings is 1. The van der Waals surface area contributed by atoms with Crippen LogP contribution in [0.15, 0.2) is 53.1 Å². The Bertz CT molecular complexity index is 973. The Hall–Kier alpha value is -3.15. The molecule has 4 rings (SSSR count). The van der Waals surface area contributed by atoms with Gasteiger partial charge < -0.3 is 14.7 Å². The fourth-order valence-electron chi connectivity index (χ4n) is 3.66. The summed E-state index contributed by atoms with van der Waals surface area (Å²) in [6, 6.07) is 16.0. The summed E-state index contributed by atoms with van der Waals surface area (Å²) in [4.78, 5) is 19.0. The lowest BCUT2D eigenvalue weighted by Crippen LogP contribution is -2.40. The van der Waals surface area contributed by atoms with Gasteiger partial charge in [0, 0.05) is 30.3 Å². The summed E-state index contributed by atoms with van der Waals surface area (Å²) in [6.07, 6.45) is 2.62. The van der Waals surface area contributed by atoms with Crippen LogP contribution in [0.25, 0.3) is 11.4 Å². The van der Waals surface area contributed by atoms with E-state index in [1.54, 1.807) is 0 Å². The average molecular weight is 390 g/mol. The maximum atomic E-state index is 12.5. The minimum Gasteiger partial charge on any atom is -0.339 e. The number of benzene rings is 2. The van der Waals surface area contributed by atoms with Crippen molar-refractivity contribution in [3.63, 3.8) is 0 Å². The van der Waals surface area contributed by atoms with Crippen molar-refractivity contribution in [3.8, 4) is 11.4 Å². The van der Waals surface area contributed by atoms with Crippen LogP contribution in [0.2, 0.25) is 0 Å². The first kappa shape index (κ1) is 19.2. The van der Waals surface area contributed by atoms with E-state index in [0.29, 0.717) is 24.8 Å². The second-order valence-electron chi connectivity index (χ2n) is 7.57. The standard InChI is InChI=1S/C23H26N4O2/c1-3-17-7-9-20(10-8-17)24-23(28)27-13-11-18(12-14-27)22-25-21(26-29-22)19-6-4-5-16(2)15-19/h4-10,15,18H,3,11-14H2,1-2H3,(H,24,28). The van der Waals surface area contributed by atoms with Crippen molar-refractivity contribution in [2.24, 2.45) is 0 Å². The topological polar surface area (TPSA) is 71.3 Å². The number of amides is 2. The molecule has 0 atom stereocenters. The van der Waals surface area contributed by atoms with E-state index in [-0.39, 0.29) is 11.9 Å². The van der Waals surface area contributed by atoms with Gasteiger partial charge in [0.25, 0.3) is 0 Å². The van der Waals surface area contributed by atoms with E-state index in [1.165, 1.54) is 5.56 Å². The number of hydrogen-bond donors (Lipinski definition) is 1. The zero-order chi connectivity index (χ0) is 20.2. The highest BCUT2D eigenvalue weighted by Crippen LogP contribution is 2.29. The minimum absolute atomic E-state index is 0.0568. The van der Waals surface area contributed by atoms with Gasteiger partial charge in [-0.25, -0.2) is 4.79 Å². The van der Waals surface area contributed by atoms with Crippen LogP contribution in [0.4, 0.5) is 10.5 Å². The van der Waals surface area contributed by atoms with Crippen LogP contribution in [0.5, 0.6) is 0 Å². The molecular formula is C23H26N4O2. The number of aromatic nitrogens is 2. The molecule has 150 valence electrons. The number of carbonyl (C=O) groups excluding carboxylic acids is 1. The van der Waals surface area contributed by atoms with E-state index in [9.17, 15) is 4.79 Å². The molecule has 6 heteroatoms. The van der Waals surface area contributed by atoms with Gasteiger partial charge in [-0.1, -0.05) is 48.0 Å². The van der Waals surface area contributed by atoms with Gasteiger partial charge in [-0.15, -0.1) is 0 Å². The van der Waals surface area contributed by atoms with E-state index >= 15 is 0 Å². The van der Waals surface area contributed by atoms with Crippen molar-refractivity contribution in [2.75, 3.05) is 18.4 Å². The normalized spacial score (nSPS) is 14.8. The van der Waals surface area contributed by atoms with Gasteiger partial charge in [0.1, 0.15) is 0 Å². The van der Waals surface area contributed by atoms with Crippen LogP contribution < -0.4 is 5.32 Å². The molecular weight excluding hydrogens is 364 g/mol. The number of rotatable bonds is 4. The summed E-state index contributed by atoms with van der Waals surface area (Å²) in [7, 11) is 0. The molecule has 1 aromatic heterocycles. The molecule has 2 heterocycles. The van der Waals surface area contributed by atoms with Gasteiger partial charge in [-0.05, 0) is 49.9 Å². The molecule has 1 aliphatic rings. The maximum Gasteiger partial charge on any atom is 0.321 e. The Balaban J connectivity index is 1.34. The van der Waals surface area contributed by atoms with Crippen molar-refractivity contribution in [3.05, 3.63) is 65.5 Å². The van der Waals surface area contributed by atoms with E-state index in [1.807, 2.05) is 54.3 Å². The molecule has 6 nitrogen and oxygen atoms in total. The number of aryl methyl sites for hydroxylation is 2. The third kappa shape index (κ3) is 4.47. The summed E-state index contributed by atoms with van der Waals surface area (Å²) in [5, 5.41) is 7.13. The molecule has 1 saturated heterocycles. The lowest BCUT2D eigenvalue weighted by Gasteiger charge is -2.30. The molecule has 0 aliphatic carbocycles. The highest BCUT2D eigenvalue weighted by Gasteiger charge is 2.27. The largest absolute Gasteiger partial charge is 0.339 e. The fraction of sp³-hybridized carbons (Fsp3) is 0.348. The quantitative estimate of drug-likeness (QED) is 0.679. The predicted octanol–water partition coefficient (Wildman–Crippen LogP) is 5.02. The number of anilines is 1. The highest BCUT2D eigenvalue weighted by atomic mass is 16.5. The first-order chi connectivity index (χ1) is 14.1. The van der Waals surface area contributed by atoms with Crippen molar-refractivity contribution in [1.29, 1.82) is 0 Å². The molecule has 29 heavy (non-hydrogen) atoms. The van der Waals surface area contributed by atoms with Crippen LogP contribution in [0.3, 0.4) is 0 Å². The molecule has 1 fully saturated rings. The Morgan fingerprint density at radius 2 is 1.93 bits per heavy atom. The van der Waals surface area contributed by atoms with Crippen LogP contribution in [-0.4, -0.2) is 34.2 Å². The van der Waals surface area contributed by atoms with Gasteiger partial charge in [0.05, 0.1) is 0 Å². The molecule has 0 unspecified atom stereocenters. The van der Waals surface area contributed by atoms with Gasteiger partial charge in [-0.2, -0.15) is 4.98 Å². The lowest BCUT2D eigenvalue weighted by molar-refractivity contribution is 0.187. The van der Waals surface area contributed by atoms with Gasteiger partial charge in [-0.3, -0.25) is 0 Å². The number of nitrogens with one attached hydrogen (secondary N) is 1. The van der Waals surface area contributed by atoms with Crippen LogP contribution >= 0.6 is 0 Å².